The fourth-order valence-electron chi connectivity index (χ4n) is 1.82. The topological polar surface area (TPSA) is 49.3 Å². The lowest BCUT2D eigenvalue weighted by Crippen LogP contribution is -2.20. The van der Waals surface area contributed by atoms with Crippen molar-refractivity contribution in [3.05, 3.63) is 64.6 Å². The Morgan fingerprint density at radius 3 is 2.32 bits per heavy atom. The van der Waals surface area contributed by atoms with Crippen molar-refractivity contribution in [2.24, 2.45) is 0 Å². The standard InChI is InChI=1S/C15H14BrNO2/c16-12-6-8-13(9-7-12)17-10-14(15(18)19)11-4-2-1-3-5-11/h1-9,14,17H,10H2,(H,18,19). The number of hydrogen-bond donors (Lipinski definition) is 2. The van der Waals surface area contributed by atoms with E-state index in [0.29, 0.717) is 6.54 Å². The molecule has 0 bridgehead atoms. The van der Waals surface area contributed by atoms with Gasteiger partial charge < -0.3 is 10.4 Å². The minimum atomic E-state index is -0.823. The first-order valence-corrected chi connectivity index (χ1v) is 6.73. The molecule has 4 heteroatoms. The average molecular weight is 320 g/mol. The number of aliphatic carboxylic acids is 1. The summed E-state index contributed by atoms with van der Waals surface area (Å²) in [5.41, 5.74) is 1.71. The molecular weight excluding hydrogens is 306 g/mol. The van der Waals surface area contributed by atoms with Gasteiger partial charge >= 0.3 is 5.97 Å². The molecule has 2 N–H and O–H groups in total. The van der Waals surface area contributed by atoms with Gasteiger partial charge in [-0.15, -0.1) is 0 Å². The van der Waals surface area contributed by atoms with Crippen LogP contribution in [0.15, 0.2) is 59.1 Å². The lowest BCUT2D eigenvalue weighted by atomic mass is 9.99. The van der Waals surface area contributed by atoms with E-state index in [1.807, 2.05) is 54.6 Å². The SMILES string of the molecule is O=C(O)C(CNc1ccc(Br)cc1)c1ccccc1. The van der Waals surface area contributed by atoms with Gasteiger partial charge in [-0.3, -0.25) is 4.79 Å². The molecule has 0 fully saturated rings. The first kappa shape index (κ1) is 13.6. The fraction of sp³-hybridized carbons (Fsp3) is 0.133. The zero-order valence-electron chi connectivity index (χ0n) is 10.2. The molecule has 3 nitrogen and oxygen atoms in total. The van der Waals surface area contributed by atoms with Gasteiger partial charge in [0.2, 0.25) is 0 Å². The zero-order valence-corrected chi connectivity index (χ0v) is 11.8. The predicted molar refractivity (Wildman–Crippen MR) is 79.5 cm³/mol. The molecule has 0 aliphatic heterocycles. The fourth-order valence-corrected chi connectivity index (χ4v) is 2.09. The van der Waals surface area contributed by atoms with Crippen LogP contribution in [0.4, 0.5) is 5.69 Å². The van der Waals surface area contributed by atoms with Gasteiger partial charge in [0, 0.05) is 16.7 Å². The number of anilines is 1. The first-order valence-electron chi connectivity index (χ1n) is 5.94. The van der Waals surface area contributed by atoms with E-state index < -0.39 is 11.9 Å². The minimum Gasteiger partial charge on any atom is -0.481 e. The maximum atomic E-state index is 11.3. The average Bonchev–Trinajstić information content (AvgIpc) is 2.42. The number of nitrogens with one attached hydrogen (secondary N) is 1. The van der Waals surface area contributed by atoms with Crippen LogP contribution in [0.25, 0.3) is 0 Å². The molecule has 0 aromatic heterocycles. The summed E-state index contributed by atoms with van der Waals surface area (Å²) >= 11 is 3.36. The monoisotopic (exact) mass is 319 g/mol. The normalized spacial score (nSPS) is 11.8. The number of carboxylic acid groups (broad SMARTS) is 1. The number of carboxylic acids is 1. The van der Waals surface area contributed by atoms with Gasteiger partial charge in [-0.1, -0.05) is 46.3 Å². The predicted octanol–water partition coefficient (Wildman–Crippen LogP) is 3.73. The Morgan fingerprint density at radius 2 is 1.74 bits per heavy atom. The number of benzene rings is 2. The van der Waals surface area contributed by atoms with Gasteiger partial charge in [0.05, 0.1) is 5.92 Å². The van der Waals surface area contributed by atoms with Crippen LogP contribution in [-0.2, 0) is 4.79 Å². The van der Waals surface area contributed by atoms with Crippen molar-refractivity contribution in [2.45, 2.75) is 5.92 Å². The summed E-state index contributed by atoms with van der Waals surface area (Å²) in [6.45, 7) is 0.362. The Labute approximate surface area is 120 Å². The molecule has 2 aromatic rings. The number of halogens is 1. The molecule has 98 valence electrons. The minimum absolute atomic E-state index is 0.362. The van der Waals surface area contributed by atoms with E-state index in [4.69, 9.17) is 0 Å². The molecule has 1 atom stereocenters. The van der Waals surface area contributed by atoms with Gasteiger partial charge in [0.15, 0.2) is 0 Å². The van der Waals surface area contributed by atoms with Crippen molar-refractivity contribution in [1.82, 2.24) is 0 Å². The maximum Gasteiger partial charge on any atom is 0.312 e. The van der Waals surface area contributed by atoms with Crippen molar-refractivity contribution >= 4 is 27.6 Å². The van der Waals surface area contributed by atoms with E-state index in [2.05, 4.69) is 21.2 Å². The summed E-state index contributed by atoms with van der Waals surface area (Å²) in [4.78, 5) is 11.3. The molecule has 0 saturated heterocycles. The largest absolute Gasteiger partial charge is 0.481 e. The third kappa shape index (κ3) is 3.83. The summed E-state index contributed by atoms with van der Waals surface area (Å²) in [5, 5.41) is 12.5. The highest BCUT2D eigenvalue weighted by atomic mass is 79.9. The summed E-state index contributed by atoms with van der Waals surface area (Å²) in [5.74, 6) is -1.37. The molecule has 2 aromatic carbocycles. The van der Waals surface area contributed by atoms with Crippen LogP contribution in [0.3, 0.4) is 0 Å². The molecule has 0 heterocycles. The Bertz CT molecular complexity index is 540. The van der Waals surface area contributed by atoms with Crippen molar-refractivity contribution < 1.29 is 9.90 Å². The second-order valence-electron chi connectivity index (χ2n) is 4.19. The third-order valence-electron chi connectivity index (χ3n) is 2.85. The molecule has 0 radical (unpaired) electrons. The van der Waals surface area contributed by atoms with Gasteiger partial charge in [-0.2, -0.15) is 0 Å². The summed E-state index contributed by atoms with van der Waals surface area (Å²) in [7, 11) is 0. The molecule has 0 aliphatic rings. The third-order valence-corrected chi connectivity index (χ3v) is 3.38. The van der Waals surface area contributed by atoms with E-state index in [9.17, 15) is 9.90 Å². The summed E-state index contributed by atoms with van der Waals surface area (Å²) in [6, 6.07) is 16.9. The lowest BCUT2D eigenvalue weighted by Gasteiger charge is -2.14. The van der Waals surface area contributed by atoms with Crippen molar-refractivity contribution in [2.75, 3.05) is 11.9 Å². The summed E-state index contributed by atoms with van der Waals surface area (Å²) in [6.07, 6.45) is 0. The van der Waals surface area contributed by atoms with E-state index in [1.165, 1.54) is 0 Å². The van der Waals surface area contributed by atoms with Crippen LogP contribution in [0.5, 0.6) is 0 Å². The van der Waals surface area contributed by atoms with Crippen molar-refractivity contribution in [3.8, 4) is 0 Å². The molecule has 0 amide bonds. The van der Waals surface area contributed by atoms with Gasteiger partial charge in [0.25, 0.3) is 0 Å². The lowest BCUT2D eigenvalue weighted by molar-refractivity contribution is -0.138. The van der Waals surface area contributed by atoms with E-state index in [0.717, 1.165) is 15.7 Å². The second kappa shape index (κ2) is 6.38. The van der Waals surface area contributed by atoms with Crippen LogP contribution in [0.2, 0.25) is 0 Å². The maximum absolute atomic E-state index is 11.3. The summed E-state index contributed by atoms with van der Waals surface area (Å²) < 4.78 is 0.996. The van der Waals surface area contributed by atoms with E-state index in [1.54, 1.807) is 0 Å². The highest BCUT2D eigenvalue weighted by Gasteiger charge is 2.19. The molecule has 2 rings (SSSR count). The number of hydrogen-bond acceptors (Lipinski definition) is 2. The second-order valence-corrected chi connectivity index (χ2v) is 5.10. The number of rotatable bonds is 5. The zero-order chi connectivity index (χ0) is 13.7. The quantitative estimate of drug-likeness (QED) is 0.882. The van der Waals surface area contributed by atoms with Crippen LogP contribution < -0.4 is 5.32 Å². The molecule has 0 saturated carbocycles. The van der Waals surface area contributed by atoms with Crippen LogP contribution >= 0.6 is 15.9 Å². The smallest absolute Gasteiger partial charge is 0.312 e. The first-order chi connectivity index (χ1) is 9.16. The highest BCUT2D eigenvalue weighted by molar-refractivity contribution is 9.10. The van der Waals surface area contributed by atoms with Crippen LogP contribution in [0.1, 0.15) is 11.5 Å². The van der Waals surface area contributed by atoms with E-state index >= 15 is 0 Å². The molecular formula is C15H14BrNO2. The van der Waals surface area contributed by atoms with Crippen LogP contribution in [0, 0.1) is 0 Å². The van der Waals surface area contributed by atoms with Crippen molar-refractivity contribution in [3.63, 3.8) is 0 Å². The molecule has 0 spiro atoms. The Balaban J connectivity index is 2.06. The van der Waals surface area contributed by atoms with Gasteiger partial charge in [-0.05, 0) is 29.8 Å². The van der Waals surface area contributed by atoms with Crippen LogP contribution in [-0.4, -0.2) is 17.6 Å². The molecule has 0 aliphatic carbocycles. The van der Waals surface area contributed by atoms with Gasteiger partial charge in [-0.25, -0.2) is 0 Å². The van der Waals surface area contributed by atoms with Gasteiger partial charge in [0.1, 0.15) is 0 Å². The Hall–Kier alpha value is -1.81. The molecule has 19 heavy (non-hydrogen) atoms. The Kier molecular flexibility index (Phi) is 4.58. The van der Waals surface area contributed by atoms with Crippen molar-refractivity contribution in [1.29, 1.82) is 0 Å². The van der Waals surface area contributed by atoms with E-state index in [-0.39, 0.29) is 0 Å². The molecule has 1 unspecified atom stereocenters. The highest BCUT2D eigenvalue weighted by Crippen LogP contribution is 2.19. The number of carbonyl (C=O) groups is 1. The Morgan fingerprint density at radius 1 is 1.11 bits per heavy atom.